The van der Waals surface area contributed by atoms with Crippen molar-refractivity contribution in [2.75, 3.05) is 30.2 Å². The van der Waals surface area contributed by atoms with Crippen molar-refractivity contribution in [1.82, 2.24) is 9.29 Å². The SMILES string of the molecule is CSN1CCC(Oc2ccc(S(=O)(=O)N(CC(C)C)c3ccc(F)cc3)cn2)CC1. The maximum atomic E-state index is 13.3. The molecule has 1 aromatic carbocycles. The zero-order chi connectivity index (χ0) is 21.7. The number of hydrogen-bond donors (Lipinski definition) is 0. The standard InChI is InChI=1S/C21H28FN3O3S2/c1-16(2)15-25(18-6-4-17(22)5-7-18)30(26,27)20-8-9-21(23-14-20)28-19-10-12-24(29-3)13-11-19/h4-9,14,16,19H,10-13,15H2,1-3H3. The van der Waals surface area contributed by atoms with Gasteiger partial charge in [-0.15, -0.1) is 0 Å². The van der Waals surface area contributed by atoms with E-state index in [0.717, 1.165) is 25.9 Å². The molecule has 0 atom stereocenters. The van der Waals surface area contributed by atoms with Crippen molar-refractivity contribution in [1.29, 1.82) is 0 Å². The summed E-state index contributed by atoms with van der Waals surface area (Å²) in [5.41, 5.74) is 0.422. The summed E-state index contributed by atoms with van der Waals surface area (Å²) in [7, 11) is -3.84. The van der Waals surface area contributed by atoms with Crippen molar-refractivity contribution >= 4 is 27.7 Å². The van der Waals surface area contributed by atoms with Gasteiger partial charge in [0.1, 0.15) is 16.8 Å². The number of halogens is 1. The first-order chi connectivity index (χ1) is 14.3. The van der Waals surface area contributed by atoms with E-state index >= 15 is 0 Å². The van der Waals surface area contributed by atoms with Gasteiger partial charge in [0.05, 0.1) is 11.9 Å². The van der Waals surface area contributed by atoms with Crippen molar-refractivity contribution in [3.8, 4) is 5.88 Å². The van der Waals surface area contributed by atoms with Crippen LogP contribution in [0.5, 0.6) is 5.88 Å². The highest BCUT2D eigenvalue weighted by Crippen LogP contribution is 2.26. The second kappa shape index (κ2) is 9.98. The molecule has 6 nitrogen and oxygen atoms in total. The predicted molar refractivity (Wildman–Crippen MR) is 119 cm³/mol. The molecule has 0 unspecified atom stereocenters. The Bertz CT molecular complexity index is 914. The van der Waals surface area contributed by atoms with E-state index in [1.807, 2.05) is 13.8 Å². The Hall–Kier alpha value is -1.84. The van der Waals surface area contributed by atoms with E-state index in [0.29, 0.717) is 11.6 Å². The summed E-state index contributed by atoms with van der Waals surface area (Å²) >= 11 is 1.73. The Morgan fingerprint density at radius 1 is 1.20 bits per heavy atom. The summed E-state index contributed by atoms with van der Waals surface area (Å²) in [6, 6.07) is 8.59. The van der Waals surface area contributed by atoms with Crippen LogP contribution >= 0.6 is 11.9 Å². The smallest absolute Gasteiger partial charge is 0.265 e. The van der Waals surface area contributed by atoms with Gasteiger partial charge in [-0.25, -0.2) is 17.8 Å². The van der Waals surface area contributed by atoms with Gasteiger partial charge in [0.15, 0.2) is 0 Å². The van der Waals surface area contributed by atoms with Crippen LogP contribution in [0.3, 0.4) is 0 Å². The molecule has 1 aliphatic heterocycles. The first-order valence-electron chi connectivity index (χ1n) is 9.99. The molecule has 0 radical (unpaired) electrons. The highest BCUT2D eigenvalue weighted by Gasteiger charge is 2.27. The average Bonchev–Trinajstić information content (AvgIpc) is 2.73. The van der Waals surface area contributed by atoms with Crippen LogP contribution in [0.25, 0.3) is 0 Å². The minimum absolute atomic E-state index is 0.0806. The zero-order valence-corrected chi connectivity index (χ0v) is 19.1. The number of ether oxygens (including phenoxy) is 1. The molecule has 164 valence electrons. The lowest BCUT2D eigenvalue weighted by Crippen LogP contribution is -2.35. The van der Waals surface area contributed by atoms with E-state index in [1.165, 1.54) is 40.8 Å². The van der Waals surface area contributed by atoms with Crippen LogP contribution < -0.4 is 9.04 Å². The quantitative estimate of drug-likeness (QED) is 0.559. The minimum Gasteiger partial charge on any atom is -0.474 e. The Balaban J connectivity index is 1.76. The maximum absolute atomic E-state index is 13.3. The average molecular weight is 454 g/mol. The second-order valence-corrected chi connectivity index (χ2v) is 10.4. The zero-order valence-electron chi connectivity index (χ0n) is 17.5. The molecular weight excluding hydrogens is 425 g/mol. The molecule has 1 fully saturated rings. The minimum atomic E-state index is -3.84. The van der Waals surface area contributed by atoms with Crippen LogP contribution in [0.15, 0.2) is 47.5 Å². The molecule has 2 aromatic rings. The number of anilines is 1. The third-order valence-corrected chi connectivity index (χ3v) is 7.55. The molecule has 0 spiro atoms. The molecule has 0 aliphatic carbocycles. The summed E-state index contributed by atoms with van der Waals surface area (Å²) in [5.74, 6) is 0.105. The molecule has 1 aliphatic rings. The van der Waals surface area contributed by atoms with Gasteiger partial charge in [-0.2, -0.15) is 0 Å². The van der Waals surface area contributed by atoms with E-state index in [-0.39, 0.29) is 23.5 Å². The first-order valence-corrected chi connectivity index (χ1v) is 12.6. The molecule has 9 heteroatoms. The molecule has 1 aromatic heterocycles. The van der Waals surface area contributed by atoms with Gasteiger partial charge < -0.3 is 4.74 Å². The van der Waals surface area contributed by atoms with Crippen LogP contribution in [-0.4, -0.2) is 49.7 Å². The Labute approximate surface area is 182 Å². The van der Waals surface area contributed by atoms with E-state index in [4.69, 9.17) is 4.74 Å². The van der Waals surface area contributed by atoms with Crippen molar-refractivity contribution in [3.63, 3.8) is 0 Å². The largest absolute Gasteiger partial charge is 0.474 e. The molecular formula is C21H28FN3O3S2. The number of benzene rings is 1. The third kappa shape index (κ3) is 5.65. The highest BCUT2D eigenvalue weighted by atomic mass is 32.2. The lowest BCUT2D eigenvalue weighted by molar-refractivity contribution is 0.133. The fraction of sp³-hybridized carbons (Fsp3) is 0.476. The fourth-order valence-corrected chi connectivity index (χ4v) is 5.45. The summed E-state index contributed by atoms with van der Waals surface area (Å²) < 4.78 is 49.4. The summed E-state index contributed by atoms with van der Waals surface area (Å²) in [6.07, 6.45) is 5.31. The van der Waals surface area contributed by atoms with Gasteiger partial charge in [0.2, 0.25) is 5.88 Å². The number of aromatic nitrogens is 1. The summed E-state index contributed by atoms with van der Waals surface area (Å²) in [5, 5.41) is 0. The molecule has 3 rings (SSSR count). The van der Waals surface area contributed by atoms with Crippen LogP contribution in [0, 0.1) is 11.7 Å². The van der Waals surface area contributed by atoms with Crippen molar-refractivity contribution in [2.24, 2.45) is 5.92 Å². The summed E-state index contributed by atoms with van der Waals surface area (Å²) in [4.78, 5) is 4.32. The van der Waals surface area contributed by atoms with Gasteiger partial charge in [-0.05, 0) is 55.3 Å². The highest BCUT2D eigenvalue weighted by molar-refractivity contribution is 7.96. The lowest BCUT2D eigenvalue weighted by atomic mass is 10.1. The van der Waals surface area contributed by atoms with Crippen molar-refractivity contribution in [3.05, 3.63) is 48.4 Å². The monoisotopic (exact) mass is 453 g/mol. The molecule has 0 bridgehead atoms. The number of hydrogen-bond acceptors (Lipinski definition) is 6. The first kappa shape index (κ1) is 22.8. The maximum Gasteiger partial charge on any atom is 0.265 e. The van der Waals surface area contributed by atoms with E-state index < -0.39 is 15.8 Å². The van der Waals surface area contributed by atoms with Crippen molar-refractivity contribution in [2.45, 2.75) is 37.7 Å². The second-order valence-electron chi connectivity index (χ2n) is 7.67. The van der Waals surface area contributed by atoms with E-state index in [9.17, 15) is 12.8 Å². The number of piperidine rings is 1. The van der Waals surface area contributed by atoms with Crippen LogP contribution in [0.1, 0.15) is 26.7 Å². The van der Waals surface area contributed by atoms with E-state index in [2.05, 4.69) is 15.5 Å². The Morgan fingerprint density at radius 2 is 1.87 bits per heavy atom. The topological polar surface area (TPSA) is 62.7 Å². The molecule has 0 amide bonds. The van der Waals surface area contributed by atoms with E-state index in [1.54, 1.807) is 18.0 Å². The summed E-state index contributed by atoms with van der Waals surface area (Å²) in [6.45, 7) is 6.06. The Kier molecular flexibility index (Phi) is 7.60. The molecule has 2 heterocycles. The van der Waals surface area contributed by atoms with Crippen LogP contribution in [-0.2, 0) is 10.0 Å². The van der Waals surface area contributed by atoms with Gasteiger partial charge in [-0.1, -0.05) is 25.8 Å². The van der Waals surface area contributed by atoms with Gasteiger partial charge in [0.25, 0.3) is 10.0 Å². The number of nitrogens with zero attached hydrogens (tertiary/aromatic N) is 3. The van der Waals surface area contributed by atoms with Gasteiger partial charge >= 0.3 is 0 Å². The molecule has 30 heavy (non-hydrogen) atoms. The lowest BCUT2D eigenvalue weighted by Gasteiger charge is -2.30. The predicted octanol–water partition coefficient (Wildman–Crippen LogP) is 4.19. The third-order valence-electron chi connectivity index (χ3n) is 4.89. The fourth-order valence-electron chi connectivity index (χ4n) is 3.30. The van der Waals surface area contributed by atoms with Crippen LogP contribution in [0.4, 0.5) is 10.1 Å². The molecule has 1 saturated heterocycles. The number of sulfonamides is 1. The van der Waals surface area contributed by atoms with Crippen LogP contribution in [0.2, 0.25) is 0 Å². The number of pyridine rings is 1. The molecule has 0 N–H and O–H groups in total. The normalized spacial score (nSPS) is 16.0. The van der Waals surface area contributed by atoms with Gasteiger partial charge in [-0.3, -0.25) is 8.61 Å². The molecule has 0 saturated carbocycles. The Morgan fingerprint density at radius 3 is 2.40 bits per heavy atom. The van der Waals surface area contributed by atoms with Crippen molar-refractivity contribution < 1.29 is 17.5 Å². The van der Waals surface area contributed by atoms with Gasteiger partial charge in [0, 0.05) is 25.7 Å². The number of rotatable bonds is 8.